The molecule has 5 nitrogen and oxygen atoms in total. The van der Waals surface area contributed by atoms with Crippen LogP contribution in [0.4, 0.5) is 0 Å². The Hall–Kier alpha value is -1.33. The number of carbonyl (C=O) groups excluding carboxylic acids is 1. The fourth-order valence-corrected chi connectivity index (χ4v) is 1.42. The van der Waals surface area contributed by atoms with Crippen LogP contribution in [0.25, 0.3) is 0 Å². The summed E-state index contributed by atoms with van der Waals surface area (Å²) in [6.07, 6.45) is 1.59. The number of nitrogens with one attached hydrogen (secondary N) is 1. The number of amides is 1. The minimum atomic E-state index is -0.439. The zero-order valence-electron chi connectivity index (χ0n) is 10.7. The Morgan fingerprint density at radius 2 is 2.28 bits per heavy atom. The number of nitrogens with two attached hydrogens (primary N) is 1. The number of rotatable bonds is 6. The molecule has 0 fully saturated rings. The summed E-state index contributed by atoms with van der Waals surface area (Å²) in [5.41, 5.74) is 6.44. The first-order chi connectivity index (χ1) is 8.17. The van der Waals surface area contributed by atoms with E-state index in [-0.39, 0.29) is 18.3 Å². The molecule has 0 saturated carbocycles. The van der Waals surface area contributed by atoms with Crippen LogP contribution >= 0.6 is 12.4 Å². The third-order valence-corrected chi connectivity index (χ3v) is 2.37. The Balaban J connectivity index is 0.00000289. The van der Waals surface area contributed by atoms with Gasteiger partial charge in [0.2, 0.25) is 11.8 Å². The summed E-state index contributed by atoms with van der Waals surface area (Å²) in [5, 5.41) is 2.75. The molecule has 1 heterocycles. The van der Waals surface area contributed by atoms with Gasteiger partial charge < -0.3 is 15.8 Å². The summed E-state index contributed by atoms with van der Waals surface area (Å²) in [6.45, 7) is 2.37. The van der Waals surface area contributed by atoms with Crippen molar-refractivity contribution < 1.29 is 9.53 Å². The van der Waals surface area contributed by atoms with Gasteiger partial charge in [-0.3, -0.25) is 4.79 Å². The standard InChI is InChI=1S/C12H19N3O2.ClH/c1-3-5-10(13)12(16)14-8-9-6-4-7-11(15-9)17-2;/h4,6-7,10H,3,5,8,13H2,1-2H3,(H,14,16);1H. The van der Waals surface area contributed by atoms with Crippen molar-refractivity contribution >= 4 is 18.3 Å². The molecular formula is C12H20ClN3O2. The van der Waals surface area contributed by atoms with Gasteiger partial charge in [0.1, 0.15) is 0 Å². The van der Waals surface area contributed by atoms with Crippen molar-refractivity contribution in [3.05, 3.63) is 23.9 Å². The van der Waals surface area contributed by atoms with Crippen LogP contribution in [0.3, 0.4) is 0 Å². The number of ether oxygens (including phenoxy) is 1. The highest BCUT2D eigenvalue weighted by molar-refractivity contribution is 5.85. The largest absolute Gasteiger partial charge is 0.481 e. The van der Waals surface area contributed by atoms with Crippen molar-refractivity contribution in [3.63, 3.8) is 0 Å². The predicted molar refractivity (Wildman–Crippen MR) is 72.8 cm³/mol. The summed E-state index contributed by atoms with van der Waals surface area (Å²) in [4.78, 5) is 15.8. The van der Waals surface area contributed by atoms with Crippen molar-refractivity contribution in [1.82, 2.24) is 10.3 Å². The average molecular weight is 274 g/mol. The lowest BCUT2D eigenvalue weighted by atomic mass is 10.1. The SMILES string of the molecule is CCCC(N)C(=O)NCc1cccc(OC)n1.Cl. The number of methoxy groups -OCH3 is 1. The van der Waals surface area contributed by atoms with E-state index in [4.69, 9.17) is 10.5 Å². The van der Waals surface area contributed by atoms with Gasteiger partial charge in [-0.15, -0.1) is 12.4 Å². The molecule has 1 amide bonds. The van der Waals surface area contributed by atoms with Crippen molar-refractivity contribution in [2.75, 3.05) is 7.11 Å². The van der Waals surface area contributed by atoms with Crippen LogP contribution in [0.1, 0.15) is 25.5 Å². The molecule has 0 radical (unpaired) electrons. The van der Waals surface area contributed by atoms with E-state index in [1.54, 1.807) is 13.2 Å². The highest BCUT2D eigenvalue weighted by Gasteiger charge is 2.11. The third kappa shape index (κ3) is 5.33. The molecule has 18 heavy (non-hydrogen) atoms. The van der Waals surface area contributed by atoms with Crippen molar-refractivity contribution in [3.8, 4) is 5.88 Å². The molecular weight excluding hydrogens is 254 g/mol. The molecule has 0 saturated heterocycles. The van der Waals surface area contributed by atoms with E-state index in [0.29, 0.717) is 18.8 Å². The molecule has 0 aliphatic heterocycles. The summed E-state index contributed by atoms with van der Waals surface area (Å²) >= 11 is 0. The molecule has 6 heteroatoms. The first-order valence-electron chi connectivity index (χ1n) is 5.70. The number of hydrogen-bond acceptors (Lipinski definition) is 4. The molecule has 0 spiro atoms. The fourth-order valence-electron chi connectivity index (χ4n) is 1.42. The molecule has 1 aromatic heterocycles. The van der Waals surface area contributed by atoms with E-state index >= 15 is 0 Å². The molecule has 1 atom stereocenters. The van der Waals surface area contributed by atoms with Gasteiger partial charge in [-0.05, 0) is 12.5 Å². The highest BCUT2D eigenvalue weighted by atomic mass is 35.5. The zero-order chi connectivity index (χ0) is 12.7. The highest BCUT2D eigenvalue weighted by Crippen LogP contribution is 2.06. The molecule has 0 aromatic carbocycles. The lowest BCUT2D eigenvalue weighted by molar-refractivity contribution is -0.122. The molecule has 1 rings (SSSR count). The summed E-state index contributed by atoms with van der Waals surface area (Å²) < 4.78 is 5.00. The van der Waals surface area contributed by atoms with E-state index in [0.717, 1.165) is 12.1 Å². The Labute approximate surface area is 114 Å². The van der Waals surface area contributed by atoms with Crippen LogP contribution in [-0.2, 0) is 11.3 Å². The quantitative estimate of drug-likeness (QED) is 0.818. The summed E-state index contributed by atoms with van der Waals surface area (Å²) in [5.74, 6) is 0.395. The summed E-state index contributed by atoms with van der Waals surface area (Å²) in [6, 6.07) is 4.98. The van der Waals surface area contributed by atoms with E-state index in [1.165, 1.54) is 0 Å². The smallest absolute Gasteiger partial charge is 0.237 e. The van der Waals surface area contributed by atoms with Gasteiger partial charge in [-0.1, -0.05) is 19.4 Å². The first kappa shape index (κ1) is 16.7. The van der Waals surface area contributed by atoms with Crippen LogP contribution in [-0.4, -0.2) is 24.0 Å². The van der Waals surface area contributed by atoms with Gasteiger partial charge in [0, 0.05) is 6.07 Å². The number of aromatic nitrogens is 1. The number of hydrogen-bond donors (Lipinski definition) is 2. The minimum Gasteiger partial charge on any atom is -0.481 e. The fraction of sp³-hybridized carbons (Fsp3) is 0.500. The molecule has 0 bridgehead atoms. The van der Waals surface area contributed by atoms with Crippen molar-refractivity contribution in [2.45, 2.75) is 32.4 Å². The van der Waals surface area contributed by atoms with E-state index < -0.39 is 6.04 Å². The maximum Gasteiger partial charge on any atom is 0.237 e. The van der Waals surface area contributed by atoms with E-state index in [2.05, 4.69) is 10.3 Å². The Bertz CT molecular complexity index is 374. The van der Waals surface area contributed by atoms with Gasteiger partial charge in [-0.2, -0.15) is 0 Å². The number of halogens is 1. The topological polar surface area (TPSA) is 77.2 Å². The second kappa shape index (κ2) is 8.72. The maximum atomic E-state index is 11.6. The first-order valence-corrected chi connectivity index (χ1v) is 5.70. The van der Waals surface area contributed by atoms with Crippen LogP contribution in [0.5, 0.6) is 5.88 Å². The zero-order valence-corrected chi connectivity index (χ0v) is 11.5. The molecule has 0 aliphatic rings. The summed E-state index contributed by atoms with van der Waals surface area (Å²) in [7, 11) is 1.56. The van der Waals surface area contributed by atoms with Crippen LogP contribution in [0.15, 0.2) is 18.2 Å². The van der Waals surface area contributed by atoms with Gasteiger partial charge in [0.15, 0.2) is 0 Å². The number of nitrogens with zero attached hydrogens (tertiary/aromatic N) is 1. The third-order valence-electron chi connectivity index (χ3n) is 2.37. The van der Waals surface area contributed by atoms with E-state index in [1.807, 2.05) is 19.1 Å². The van der Waals surface area contributed by atoms with Gasteiger partial charge >= 0.3 is 0 Å². The Kier molecular flexibility index (Phi) is 8.07. The Morgan fingerprint density at radius 1 is 1.56 bits per heavy atom. The van der Waals surface area contributed by atoms with Crippen LogP contribution in [0.2, 0.25) is 0 Å². The van der Waals surface area contributed by atoms with Crippen molar-refractivity contribution in [2.24, 2.45) is 5.73 Å². The average Bonchev–Trinajstić information content (AvgIpc) is 2.36. The molecule has 0 aliphatic carbocycles. The molecule has 1 unspecified atom stereocenters. The second-order valence-corrected chi connectivity index (χ2v) is 3.78. The van der Waals surface area contributed by atoms with Gasteiger partial charge in [0.25, 0.3) is 0 Å². The van der Waals surface area contributed by atoms with E-state index in [9.17, 15) is 4.79 Å². The van der Waals surface area contributed by atoms with Gasteiger partial charge in [-0.25, -0.2) is 4.98 Å². The monoisotopic (exact) mass is 273 g/mol. The lowest BCUT2D eigenvalue weighted by Gasteiger charge is -2.11. The second-order valence-electron chi connectivity index (χ2n) is 3.78. The predicted octanol–water partition coefficient (Wildman–Crippen LogP) is 1.26. The van der Waals surface area contributed by atoms with Gasteiger partial charge in [0.05, 0.1) is 25.4 Å². The van der Waals surface area contributed by atoms with Crippen LogP contribution < -0.4 is 15.8 Å². The lowest BCUT2D eigenvalue weighted by Crippen LogP contribution is -2.40. The van der Waals surface area contributed by atoms with Crippen LogP contribution in [0, 0.1) is 0 Å². The van der Waals surface area contributed by atoms with Crippen molar-refractivity contribution in [1.29, 1.82) is 0 Å². The maximum absolute atomic E-state index is 11.6. The normalized spacial score (nSPS) is 11.3. The molecule has 1 aromatic rings. The molecule has 102 valence electrons. The molecule has 3 N–H and O–H groups in total. The Morgan fingerprint density at radius 3 is 2.89 bits per heavy atom. The number of carbonyl (C=O) groups is 1. The minimum absolute atomic E-state index is 0. The number of pyridine rings is 1.